The fourth-order valence-corrected chi connectivity index (χ4v) is 5.52. The summed E-state index contributed by atoms with van der Waals surface area (Å²) in [6.07, 6.45) is 1.46. The van der Waals surface area contributed by atoms with Gasteiger partial charge in [0.25, 0.3) is 5.91 Å². The van der Waals surface area contributed by atoms with Crippen LogP contribution in [0.3, 0.4) is 0 Å². The van der Waals surface area contributed by atoms with E-state index in [1.54, 1.807) is 51.7 Å². The molecule has 2 aromatic carbocycles. The molecule has 3 aromatic heterocycles. The maximum atomic E-state index is 12.3. The molecule has 0 spiro atoms. The monoisotopic (exact) mass is 549 g/mol. The first-order valence-electron chi connectivity index (χ1n) is 11.2. The molecule has 0 aliphatic rings. The number of anilines is 4. The van der Waals surface area contributed by atoms with Crippen molar-refractivity contribution in [3.63, 3.8) is 0 Å². The lowest BCUT2D eigenvalue weighted by Crippen LogP contribution is -2.10. The van der Waals surface area contributed by atoms with Crippen molar-refractivity contribution in [3.05, 3.63) is 65.9 Å². The number of carbonyl (C=O) groups excluding carboxylic acids is 1. The molecule has 38 heavy (non-hydrogen) atoms. The summed E-state index contributed by atoms with van der Waals surface area (Å²) in [5, 5.41) is 9.35. The van der Waals surface area contributed by atoms with Crippen LogP contribution in [0.5, 0.6) is 17.2 Å². The number of thiazole rings is 2. The number of nitrogens with two attached hydrogens (primary N) is 1. The predicted octanol–water partition coefficient (Wildman–Crippen LogP) is 6.13. The molecule has 0 unspecified atom stereocenters. The van der Waals surface area contributed by atoms with E-state index in [2.05, 4.69) is 15.6 Å². The number of aromatic nitrogens is 2. The van der Waals surface area contributed by atoms with Gasteiger partial charge in [-0.1, -0.05) is 23.5 Å². The molecule has 0 aliphatic carbocycles. The van der Waals surface area contributed by atoms with Crippen LogP contribution in [-0.2, 0) is 0 Å². The number of ether oxygens (including phenoxy) is 3. The van der Waals surface area contributed by atoms with E-state index in [0.717, 1.165) is 21.1 Å². The summed E-state index contributed by atoms with van der Waals surface area (Å²) in [6.45, 7) is 0. The lowest BCUT2D eigenvalue weighted by atomic mass is 10.1. The first-order valence-corrected chi connectivity index (χ1v) is 12.9. The van der Waals surface area contributed by atoms with E-state index < -0.39 is 0 Å². The van der Waals surface area contributed by atoms with Crippen molar-refractivity contribution in [2.75, 3.05) is 37.7 Å². The lowest BCUT2D eigenvalue weighted by molar-refractivity contribution is 0.0996. The van der Waals surface area contributed by atoms with Crippen molar-refractivity contribution in [1.29, 1.82) is 0 Å². The Morgan fingerprint density at radius 3 is 2.45 bits per heavy atom. The van der Waals surface area contributed by atoms with Crippen LogP contribution >= 0.6 is 22.7 Å². The molecule has 5 aromatic rings. The molecule has 1 amide bonds. The van der Waals surface area contributed by atoms with Crippen molar-refractivity contribution in [3.8, 4) is 38.4 Å². The molecule has 194 valence electrons. The van der Waals surface area contributed by atoms with E-state index >= 15 is 0 Å². The Labute approximate surface area is 226 Å². The third kappa shape index (κ3) is 5.12. The molecule has 0 saturated carbocycles. The SMILES string of the molecule is COc1cc(Nc2nc(N)c(-c3nc(-c4cccc(NC(=O)c5ccco5)c4)cs3)s2)cc(OC)c1OC. The zero-order valence-corrected chi connectivity index (χ0v) is 22.2. The molecular formula is C26H23N5O5S2. The van der Waals surface area contributed by atoms with Gasteiger partial charge in [0.15, 0.2) is 22.4 Å². The number of nitrogens with one attached hydrogen (secondary N) is 2. The average molecular weight is 550 g/mol. The smallest absolute Gasteiger partial charge is 0.291 e. The van der Waals surface area contributed by atoms with Crippen LogP contribution < -0.4 is 30.6 Å². The van der Waals surface area contributed by atoms with Gasteiger partial charge in [0.05, 0.1) is 33.3 Å². The molecule has 4 N–H and O–H groups in total. The molecule has 3 heterocycles. The van der Waals surface area contributed by atoms with Crippen LogP contribution in [0.4, 0.5) is 22.3 Å². The Kier molecular flexibility index (Phi) is 7.15. The summed E-state index contributed by atoms with van der Waals surface area (Å²) in [4.78, 5) is 22.3. The van der Waals surface area contributed by atoms with Gasteiger partial charge in [0, 0.05) is 34.5 Å². The Morgan fingerprint density at radius 1 is 0.974 bits per heavy atom. The number of benzene rings is 2. The summed E-state index contributed by atoms with van der Waals surface area (Å²) in [5.74, 6) is 1.82. The Balaban J connectivity index is 1.36. The quantitative estimate of drug-likeness (QED) is 0.198. The largest absolute Gasteiger partial charge is 0.493 e. The maximum Gasteiger partial charge on any atom is 0.291 e. The number of amides is 1. The minimum atomic E-state index is -0.323. The molecule has 12 heteroatoms. The summed E-state index contributed by atoms with van der Waals surface area (Å²) in [5.41, 5.74) is 9.20. The van der Waals surface area contributed by atoms with Crippen molar-refractivity contribution < 1.29 is 23.4 Å². The number of methoxy groups -OCH3 is 3. The number of furan rings is 1. The summed E-state index contributed by atoms with van der Waals surface area (Å²) < 4.78 is 21.4. The van der Waals surface area contributed by atoms with Crippen LogP contribution in [0.2, 0.25) is 0 Å². The van der Waals surface area contributed by atoms with Crippen LogP contribution in [-0.4, -0.2) is 37.2 Å². The Morgan fingerprint density at radius 2 is 1.76 bits per heavy atom. The molecule has 0 aliphatic heterocycles. The molecule has 5 rings (SSSR count). The van der Waals surface area contributed by atoms with Crippen LogP contribution in [0.1, 0.15) is 10.6 Å². The molecule has 0 atom stereocenters. The first-order chi connectivity index (χ1) is 18.5. The van der Waals surface area contributed by atoms with Crippen molar-refractivity contribution in [2.45, 2.75) is 0 Å². The van der Waals surface area contributed by atoms with Gasteiger partial charge in [-0.3, -0.25) is 4.79 Å². The van der Waals surface area contributed by atoms with Gasteiger partial charge >= 0.3 is 0 Å². The Bertz CT molecular complexity index is 1550. The predicted molar refractivity (Wildman–Crippen MR) is 149 cm³/mol. The number of hydrogen-bond donors (Lipinski definition) is 3. The zero-order valence-electron chi connectivity index (χ0n) is 20.6. The van der Waals surface area contributed by atoms with Gasteiger partial charge < -0.3 is 35.0 Å². The standard InChI is InChI=1S/C26H23N5O5S2/c1-33-19-11-16(12-20(34-2)21(19)35-3)29-26-31-23(27)22(38-26)25-30-17(13-37-25)14-6-4-7-15(10-14)28-24(32)18-8-5-9-36-18/h4-13H,27H2,1-3H3,(H,28,32)(H,29,31). The molecule has 0 fully saturated rings. The van der Waals surface area contributed by atoms with E-state index in [9.17, 15) is 4.79 Å². The molecular weight excluding hydrogens is 526 g/mol. The number of hydrogen-bond acceptors (Lipinski definition) is 11. The highest BCUT2D eigenvalue weighted by Crippen LogP contribution is 2.43. The second-order valence-electron chi connectivity index (χ2n) is 7.82. The molecule has 0 radical (unpaired) electrons. The minimum absolute atomic E-state index is 0.239. The summed E-state index contributed by atoms with van der Waals surface area (Å²) >= 11 is 2.84. The number of nitrogens with zero attached hydrogens (tertiary/aromatic N) is 2. The van der Waals surface area contributed by atoms with Crippen molar-refractivity contribution in [1.82, 2.24) is 9.97 Å². The highest BCUT2D eigenvalue weighted by Gasteiger charge is 2.18. The summed E-state index contributed by atoms with van der Waals surface area (Å²) in [7, 11) is 4.67. The lowest BCUT2D eigenvalue weighted by Gasteiger charge is -2.14. The van der Waals surface area contributed by atoms with Gasteiger partial charge in [0.2, 0.25) is 5.75 Å². The van der Waals surface area contributed by atoms with E-state index in [1.165, 1.54) is 28.9 Å². The highest BCUT2D eigenvalue weighted by molar-refractivity contribution is 7.23. The van der Waals surface area contributed by atoms with Gasteiger partial charge in [-0.25, -0.2) is 9.97 Å². The van der Waals surface area contributed by atoms with Crippen LogP contribution in [0, 0.1) is 0 Å². The van der Waals surface area contributed by atoms with Crippen molar-refractivity contribution >= 4 is 50.9 Å². The zero-order chi connectivity index (χ0) is 26.6. The normalized spacial score (nSPS) is 10.7. The van der Waals surface area contributed by atoms with E-state index in [-0.39, 0.29) is 11.7 Å². The topological polar surface area (TPSA) is 134 Å². The van der Waals surface area contributed by atoms with Gasteiger partial charge in [-0.15, -0.1) is 11.3 Å². The van der Waals surface area contributed by atoms with Crippen molar-refractivity contribution in [2.24, 2.45) is 0 Å². The molecule has 0 saturated heterocycles. The third-order valence-corrected chi connectivity index (χ3v) is 7.41. The highest BCUT2D eigenvalue weighted by atomic mass is 32.1. The van der Waals surface area contributed by atoms with Gasteiger partial charge in [-0.2, -0.15) is 0 Å². The average Bonchev–Trinajstić information content (AvgIpc) is 3.70. The number of carbonyl (C=O) groups is 1. The maximum absolute atomic E-state index is 12.3. The van der Waals surface area contributed by atoms with Crippen LogP contribution in [0.15, 0.2) is 64.6 Å². The van der Waals surface area contributed by atoms with Crippen LogP contribution in [0.25, 0.3) is 21.1 Å². The fourth-order valence-electron chi connectivity index (χ4n) is 3.68. The Hall–Kier alpha value is -4.55. The van der Waals surface area contributed by atoms with Gasteiger partial charge in [-0.05, 0) is 24.3 Å². The number of nitrogen functional groups attached to an aromatic ring is 1. The first kappa shape index (κ1) is 25.1. The van der Waals surface area contributed by atoms with E-state index in [0.29, 0.717) is 39.6 Å². The second-order valence-corrected chi connectivity index (χ2v) is 9.68. The molecule has 10 nitrogen and oxygen atoms in total. The summed E-state index contributed by atoms with van der Waals surface area (Å²) in [6, 6.07) is 14.3. The van der Waals surface area contributed by atoms with Gasteiger partial charge in [0.1, 0.15) is 15.7 Å². The second kappa shape index (κ2) is 10.8. The fraction of sp³-hybridized carbons (Fsp3) is 0.115. The number of rotatable bonds is 9. The van der Waals surface area contributed by atoms with E-state index in [1.807, 2.05) is 23.6 Å². The van der Waals surface area contributed by atoms with E-state index in [4.69, 9.17) is 29.3 Å². The molecule has 0 bridgehead atoms. The third-order valence-electron chi connectivity index (χ3n) is 5.43. The minimum Gasteiger partial charge on any atom is -0.493 e.